The summed E-state index contributed by atoms with van der Waals surface area (Å²) in [5.74, 6) is 1.92. The Kier molecular flexibility index (Phi) is 7.23. The van der Waals surface area contributed by atoms with E-state index in [9.17, 15) is 0 Å². The largest absolute Gasteiger partial charge is 0.208 e. The zero-order valence-corrected chi connectivity index (χ0v) is 31.4. The second kappa shape index (κ2) is 12.9. The van der Waals surface area contributed by atoms with Gasteiger partial charge in [-0.15, -0.1) is 0 Å². The molecule has 0 amide bonds. The quantitative estimate of drug-likeness (QED) is 0.165. The highest BCUT2D eigenvalue weighted by atomic mass is 15.0. The summed E-state index contributed by atoms with van der Waals surface area (Å²) in [4.78, 5) is 15.2. The molecule has 0 fully saturated rings. The molecular weight excluding hydrogens is 703 g/mol. The molecule has 58 heavy (non-hydrogen) atoms. The first kappa shape index (κ1) is 32.5. The molecule has 0 spiro atoms. The van der Waals surface area contributed by atoms with Crippen LogP contribution in [0.3, 0.4) is 0 Å². The van der Waals surface area contributed by atoms with E-state index in [0.29, 0.717) is 17.5 Å². The molecule has 0 saturated carbocycles. The maximum atomic E-state index is 5.13. The molecular formula is C55H33N3. The predicted molar refractivity (Wildman–Crippen MR) is 243 cm³/mol. The van der Waals surface area contributed by atoms with Crippen LogP contribution in [0.5, 0.6) is 0 Å². The van der Waals surface area contributed by atoms with E-state index in [0.717, 1.165) is 33.4 Å². The minimum atomic E-state index is 0.636. The zero-order chi connectivity index (χ0) is 38.2. The minimum absolute atomic E-state index is 0.636. The molecule has 1 aromatic heterocycles. The van der Waals surface area contributed by atoms with Gasteiger partial charge in [0.25, 0.3) is 0 Å². The molecule has 3 nitrogen and oxygen atoms in total. The summed E-state index contributed by atoms with van der Waals surface area (Å²) < 4.78 is 0. The Bertz CT molecular complexity index is 3530. The fourth-order valence-electron chi connectivity index (χ4n) is 9.08. The molecule has 268 valence electrons. The van der Waals surface area contributed by atoms with Crippen molar-refractivity contribution in [2.45, 2.75) is 0 Å². The van der Waals surface area contributed by atoms with Crippen molar-refractivity contribution in [1.82, 2.24) is 15.0 Å². The van der Waals surface area contributed by atoms with Crippen LogP contribution in [0.2, 0.25) is 0 Å². The Morgan fingerprint density at radius 3 is 1.19 bits per heavy atom. The molecule has 0 unspecified atom stereocenters. The summed E-state index contributed by atoms with van der Waals surface area (Å²) in [6.07, 6.45) is 0. The second-order valence-corrected chi connectivity index (χ2v) is 15.2. The molecule has 0 atom stereocenters. The van der Waals surface area contributed by atoms with Crippen LogP contribution in [0, 0.1) is 0 Å². The molecule has 0 aliphatic carbocycles. The Labute approximate surface area is 334 Å². The van der Waals surface area contributed by atoms with Crippen molar-refractivity contribution >= 4 is 64.6 Å². The lowest BCUT2D eigenvalue weighted by Gasteiger charge is -2.17. The summed E-state index contributed by atoms with van der Waals surface area (Å²) in [7, 11) is 0. The van der Waals surface area contributed by atoms with E-state index in [4.69, 9.17) is 15.0 Å². The van der Waals surface area contributed by atoms with Crippen LogP contribution >= 0.6 is 0 Å². The molecule has 0 aliphatic heterocycles. The number of aromatic nitrogens is 3. The Hall–Kier alpha value is -7.75. The van der Waals surface area contributed by atoms with Crippen molar-refractivity contribution in [2.24, 2.45) is 0 Å². The highest BCUT2D eigenvalue weighted by Crippen LogP contribution is 2.44. The zero-order valence-electron chi connectivity index (χ0n) is 31.4. The summed E-state index contributed by atoms with van der Waals surface area (Å²) in [6.45, 7) is 0. The first-order chi connectivity index (χ1) is 28.7. The second-order valence-electron chi connectivity index (χ2n) is 15.2. The predicted octanol–water partition coefficient (Wildman–Crippen LogP) is 14.6. The molecule has 0 aliphatic rings. The lowest BCUT2D eigenvalue weighted by atomic mass is 9.86. The summed E-state index contributed by atoms with van der Waals surface area (Å²) >= 11 is 0. The van der Waals surface area contributed by atoms with Crippen molar-refractivity contribution < 1.29 is 0 Å². The highest BCUT2D eigenvalue weighted by molar-refractivity contribution is 6.37. The lowest BCUT2D eigenvalue weighted by molar-refractivity contribution is 1.07. The number of benzene rings is 10. The van der Waals surface area contributed by atoms with E-state index in [2.05, 4.69) is 176 Å². The van der Waals surface area contributed by atoms with Gasteiger partial charge in [-0.05, 0) is 105 Å². The Morgan fingerprint density at radius 1 is 0.207 bits per heavy atom. The van der Waals surface area contributed by atoms with Gasteiger partial charge in [-0.25, -0.2) is 15.0 Å². The van der Waals surface area contributed by atoms with E-state index in [-0.39, 0.29) is 0 Å². The topological polar surface area (TPSA) is 38.7 Å². The number of hydrogen-bond donors (Lipinski definition) is 0. The average molecular weight is 736 g/mol. The van der Waals surface area contributed by atoms with Crippen molar-refractivity contribution in [3.8, 4) is 56.4 Å². The van der Waals surface area contributed by atoms with E-state index in [1.807, 2.05) is 24.3 Å². The van der Waals surface area contributed by atoms with Gasteiger partial charge in [-0.2, -0.15) is 0 Å². The Morgan fingerprint density at radius 2 is 0.603 bits per heavy atom. The lowest BCUT2D eigenvalue weighted by Crippen LogP contribution is -2.00. The van der Waals surface area contributed by atoms with Crippen molar-refractivity contribution in [3.63, 3.8) is 0 Å². The van der Waals surface area contributed by atoms with Gasteiger partial charge in [0.05, 0.1) is 0 Å². The van der Waals surface area contributed by atoms with Gasteiger partial charge in [-0.1, -0.05) is 182 Å². The van der Waals surface area contributed by atoms with Gasteiger partial charge in [0.1, 0.15) is 0 Å². The SMILES string of the molecule is c1ccc(-c2ccc(-c3nc(-c4ccccc4)nc(-c4cccc(-c5cc6ccc7cccc8c9cccc%10ccc%11cccc(c(c5)c6c78)c%11c%109)c4)n3)cc2)cc1. The van der Waals surface area contributed by atoms with Crippen LogP contribution in [0.15, 0.2) is 200 Å². The van der Waals surface area contributed by atoms with Crippen LogP contribution in [-0.4, -0.2) is 15.0 Å². The highest BCUT2D eigenvalue weighted by Gasteiger charge is 2.18. The number of hydrogen-bond acceptors (Lipinski definition) is 3. The van der Waals surface area contributed by atoms with Gasteiger partial charge in [0.15, 0.2) is 17.5 Å². The monoisotopic (exact) mass is 735 g/mol. The average Bonchev–Trinajstić information content (AvgIpc) is 3.30. The first-order valence-electron chi connectivity index (χ1n) is 19.8. The van der Waals surface area contributed by atoms with Gasteiger partial charge < -0.3 is 0 Å². The van der Waals surface area contributed by atoms with Crippen LogP contribution in [0.1, 0.15) is 0 Å². The smallest absolute Gasteiger partial charge is 0.164 e. The van der Waals surface area contributed by atoms with Crippen molar-refractivity contribution in [3.05, 3.63) is 200 Å². The molecule has 0 saturated heterocycles. The molecule has 0 bridgehead atoms. The molecule has 0 radical (unpaired) electrons. The van der Waals surface area contributed by atoms with Crippen LogP contribution < -0.4 is 0 Å². The summed E-state index contributed by atoms with van der Waals surface area (Å²) in [5, 5.41) is 15.3. The van der Waals surface area contributed by atoms with E-state index >= 15 is 0 Å². The molecule has 3 heteroatoms. The maximum Gasteiger partial charge on any atom is 0.164 e. The van der Waals surface area contributed by atoms with E-state index < -0.39 is 0 Å². The molecule has 1 heterocycles. The summed E-state index contributed by atoms with van der Waals surface area (Å²) in [6, 6.07) is 71.9. The minimum Gasteiger partial charge on any atom is -0.208 e. The molecule has 12 aromatic rings. The van der Waals surface area contributed by atoms with Gasteiger partial charge >= 0.3 is 0 Å². The number of rotatable bonds is 5. The third kappa shape index (κ3) is 5.18. The van der Waals surface area contributed by atoms with Crippen molar-refractivity contribution in [1.29, 1.82) is 0 Å². The Balaban J connectivity index is 1.07. The van der Waals surface area contributed by atoms with Gasteiger partial charge in [-0.3, -0.25) is 0 Å². The third-order valence-corrected chi connectivity index (χ3v) is 11.8. The van der Waals surface area contributed by atoms with Crippen molar-refractivity contribution in [2.75, 3.05) is 0 Å². The standard InChI is InChI=1S/C55H33N3/c1-3-11-34(12-4-1)35-23-28-40(29-24-35)54-56-53(39-13-5-2-6-14-39)57-55(58-54)43-19-7-18-41(31-43)44-32-42-30-27-38-16-9-21-46-45-20-8-15-36-25-26-37-17-10-22-47(51(37)49(36)45)48(33-44)52(42)50(38)46/h1-33H. The van der Waals surface area contributed by atoms with Gasteiger partial charge in [0, 0.05) is 16.7 Å². The number of nitrogens with zero attached hydrogens (tertiary/aromatic N) is 3. The van der Waals surface area contributed by atoms with E-state index in [1.54, 1.807) is 0 Å². The molecule has 12 rings (SSSR count). The fourth-order valence-corrected chi connectivity index (χ4v) is 9.08. The summed E-state index contributed by atoms with van der Waals surface area (Å²) in [5.41, 5.74) is 7.39. The molecule has 11 aromatic carbocycles. The normalized spacial score (nSPS) is 11.8. The van der Waals surface area contributed by atoms with Crippen LogP contribution in [-0.2, 0) is 0 Å². The van der Waals surface area contributed by atoms with Crippen LogP contribution in [0.4, 0.5) is 0 Å². The van der Waals surface area contributed by atoms with E-state index in [1.165, 1.54) is 70.2 Å². The fraction of sp³-hybridized carbons (Fsp3) is 0. The maximum absolute atomic E-state index is 5.13. The molecule has 0 N–H and O–H groups in total. The number of fused-ring (bicyclic) bond motifs is 2. The van der Waals surface area contributed by atoms with Crippen LogP contribution in [0.25, 0.3) is 121 Å². The third-order valence-electron chi connectivity index (χ3n) is 11.8. The van der Waals surface area contributed by atoms with Gasteiger partial charge in [0.2, 0.25) is 0 Å². The first-order valence-corrected chi connectivity index (χ1v) is 19.8.